The number of nitrogens with one attached hydrogen (secondary N) is 1. The van der Waals surface area contributed by atoms with E-state index in [9.17, 15) is 9.59 Å². The van der Waals surface area contributed by atoms with E-state index in [0.29, 0.717) is 37.3 Å². The molecule has 0 radical (unpaired) electrons. The normalized spacial score (nSPS) is 17.7. The fourth-order valence-electron chi connectivity index (χ4n) is 3.39. The number of carbonyl (C=O) groups is 2. The Labute approximate surface area is 157 Å². The highest BCUT2D eigenvalue weighted by Gasteiger charge is 2.31. The molecule has 0 spiro atoms. The average Bonchev–Trinajstić information content (AvgIpc) is 2.75. The Hall–Kier alpha value is -3.22. The molecule has 2 aromatic rings. The highest BCUT2D eigenvalue weighted by atomic mass is 16.2. The van der Waals surface area contributed by atoms with Gasteiger partial charge in [0.25, 0.3) is 11.7 Å². The largest absolute Gasteiger partial charge is 0.330 e. The predicted molar refractivity (Wildman–Crippen MR) is 102 cm³/mol. The van der Waals surface area contributed by atoms with Gasteiger partial charge >= 0.3 is 0 Å². The van der Waals surface area contributed by atoms with E-state index in [4.69, 9.17) is 0 Å². The van der Waals surface area contributed by atoms with E-state index in [-0.39, 0.29) is 11.8 Å². The number of carbonyl (C=O) groups excluding carboxylic acids is 2. The first-order valence-corrected chi connectivity index (χ1v) is 9.19. The molecule has 0 unspecified atom stereocenters. The van der Waals surface area contributed by atoms with Gasteiger partial charge in [-0.3, -0.25) is 14.5 Å². The van der Waals surface area contributed by atoms with Crippen molar-refractivity contribution >= 4 is 29.0 Å². The summed E-state index contributed by atoms with van der Waals surface area (Å²) in [5.41, 5.74) is 1.15. The number of rotatable bonds is 3. The molecule has 138 valence electrons. The number of H-pyrrole nitrogens is 1. The smallest absolute Gasteiger partial charge is 0.274 e. The van der Waals surface area contributed by atoms with Crippen LogP contribution in [0.15, 0.2) is 59.8 Å². The number of hydrazone groups is 1. The first-order valence-electron chi connectivity index (χ1n) is 9.19. The third kappa shape index (κ3) is 3.67. The molecule has 1 saturated heterocycles. The molecule has 4 rings (SSSR count). The quantitative estimate of drug-likeness (QED) is 0.825. The molecule has 0 bridgehead atoms. The number of hydrogen-bond acceptors (Lipinski definition) is 4. The van der Waals surface area contributed by atoms with E-state index in [0.717, 1.165) is 18.9 Å². The van der Waals surface area contributed by atoms with Gasteiger partial charge in [0.15, 0.2) is 0 Å². The molecule has 1 N–H and O–H groups in total. The fraction of sp³-hybridized carbons (Fsp3) is 0.300. The number of para-hydroxylation sites is 1. The van der Waals surface area contributed by atoms with Crippen molar-refractivity contribution in [3.05, 3.63) is 54.7 Å². The molecule has 3 heterocycles. The highest BCUT2D eigenvalue weighted by molar-refractivity contribution is 6.40. The van der Waals surface area contributed by atoms with Crippen LogP contribution < -0.4 is 14.9 Å². The lowest BCUT2D eigenvalue weighted by Gasteiger charge is -2.32. The number of amides is 2. The number of anilines is 2. The van der Waals surface area contributed by atoms with Gasteiger partial charge in [-0.15, -0.1) is 0 Å². The van der Waals surface area contributed by atoms with E-state index in [2.05, 4.69) is 15.0 Å². The van der Waals surface area contributed by atoms with Crippen LogP contribution in [0.4, 0.5) is 11.5 Å². The second-order valence-corrected chi connectivity index (χ2v) is 6.61. The molecule has 7 heteroatoms. The van der Waals surface area contributed by atoms with Crippen LogP contribution in [0.25, 0.3) is 0 Å². The fourth-order valence-corrected chi connectivity index (χ4v) is 3.39. The van der Waals surface area contributed by atoms with E-state index in [1.165, 1.54) is 5.01 Å². The van der Waals surface area contributed by atoms with Crippen molar-refractivity contribution < 1.29 is 14.6 Å². The number of aromatic amines is 1. The second-order valence-electron chi connectivity index (χ2n) is 6.61. The van der Waals surface area contributed by atoms with Crippen molar-refractivity contribution in [1.82, 2.24) is 4.90 Å². The minimum absolute atomic E-state index is 0.0693. The Morgan fingerprint density at radius 1 is 0.926 bits per heavy atom. The lowest BCUT2D eigenvalue weighted by molar-refractivity contribution is -0.364. The zero-order chi connectivity index (χ0) is 18.6. The Kier molecular flexibility index (Phi) is 4.82. The lowest BCUT2D eigenvalue weighted by atomic mass is 10.1. The predicted octanol–water partition coefficient (Wildman–Crippen LogP) is 1.33. The lowest BCUT2D eigenvalue weighted by Crippen LogP contribution is -2.52. The molecule has 1 aromatic heterocycles. The molecular formula is C20H22N5O2+. The van der Waals surface area contributed by atoms with Gasteiger partial charge in [-0.1, -0.05) is 24.3 Å². The molecule has 0 atom stereocenters. The third-order valence-electron chi connectivity index (χ3n) is 4.88. The summed E-state index contributed by atoms with van der Waals surface area (Å²) in [6.07, 6.45) is 2.60. The summed E-state index contributed by atoms with van der Waals surface area (Å²) in [4.78, 5) is 32.4. The summed E-state index contributed by atoms with van der Waals surface area (Å²) >= 11 is 0. The maximum Gasteiger partial charge on any atom is 0.274 e. The van der Waals surface area contributed by atoms with Crippen LogP contribution >= 0.6 is 0 Å². The first kappa shape index (κ1) is 17.2. The van der Waals surface area contributed by atoms with E-state index in [1.54, 1.807) is 0 Å². The maximum atomic E-state index is 12.9. The number of hydrogen-bond donors (Lipinski definition) is 0. The summed E-state index contributed by atoms with van der Waals surface area (Å²) in [5, 5.41) is 5.73. The topological polar surface area (TPSA) is 70.4 Å². The number of piperazine rings is 1. The SMILES string of the molecule is O=C(C1=NN(c2ccccc2)C(=O)CC1)N1CCN(c2cccc[nH+]2)CC1. The molecule has 2 aliphatic heterocycles. The van der Waals surface area contributed by atoms with Gasteiger partial charge in [0.2, 0.25) is 5.91 Å². The van der Waals surface area contributed by atoms with Gasteiger partial charge in [0.05, 0.1) is 25.0 Å². The van der Waals surface area contributed by atoms with E-state index in [1.807, 2.05) is 59.6 Å². The van der Waals surface area contributed by atoms with E-state index >= 15 is 0 Å². The summed E-state index contributed by atoms with van der Waals surface area (Å²) in [6, 6.07) is 15.2. The molecule has 1 fully saturated rings. The standard InChI is InChI=1S/C20H21N5O2/c26-19-10-9-17(22-25(19)16-6-2-1-3-7-16)20(27)24-14-12-23(13-15-24)18-8-4-5-11-21-18/h1-8,11H,9-10,12-15H2/p+1. The monoisotopic (exact) mass is 364 g/mol. The minimum Gasteiger partial charge on any atom is -0.330 e. The Morgan fingerprint density at radius 2 is 1.67 bits per heavy atom. The Morgan fingerprint density at radius 3 is 2.37 bits per heavy atom. The molecule has 1 aromatic carbocycles. The van der Waals surface area contributed by atoms with Gasteiger partial charge in [-0.05, 0) is 18.2 Å². The molecule has 27 heavy (non-hydrogen) atoms. The summed E-state index contributed by atoms with van der Waals surface area (Å²) in [6.45, 7) is 2.81. The van der Waals surface area contributed by atoms with Gasteiger partial charge in [0.1, 0.15) is 18.8 Å². The average molecular weight is 364 g/mol. The zero-order valence-electron chi connectivity index (χ0n) is 15.0. The van der Waals surface area contributed by atoms with Crippen LogP contribution in [0.1, 0.15) is 12.8 Å². The van der Waals surface area contributed by atoms with Crippen molar-refractivity contribution in [2.75, 3.05) is 36.1 Å². The van der Waals surface area contributed by atoms with Crippen LogP contribution in [0, 0.1) is 0 Å². The Balaban J connectivity index is 1.44. The first-order chi connectivity index (χ1) is 13.2. The van der Waals surface area contributed by atoms with Crippen LogP contribution in [-0.2, 0) is 9.59 Å². The number of benzene rings is 1. The Bertz CT molecular complexity index is 845. The molecule has 0 saturated carbocycles. The second kappa shape index (κ2) is 7.57. The van der Waals surface area contributed by atoms with Crippen LogP contribution in [0.3, 0.4) is 0 Å². The van der Waals surface area contributed by atoms with Gasteiger partial charge in [-0.2, -0.15) is 5.10 Å². The molecular weight excluding hydrogens is 342 g/mol. The van der Waals surface area contributed by atoms with Crippen molar-refractivity contribution in [3.63, 3.8) is 0 Å². The number of pyridine rings is 1. The minimum atomic E-state index is -0.0813. The maximum absolute atomic E-state index is 12.9. The highest BCUT2D eigenvalue weighted by Crippen LogP contribution is 2.20. The third-order valence-corrected chi connectivity index (χ3v) is 4.88. The van der Waals surface area contributed by atoms with Crippen molar-refractivity contribution in [2.45, 2.75) is 12.8 Å². The van der Waals surface area contributed by atoms with Crippen molar-refractivity contribution in [1.29, 1.82) is 0 Å². The van der Waals surface area contributed by atoms with Crippen molar-refractivity contribution in [2.24, 2.45) is 5.10 Å². The van der Waals surface area contributed by atoms with Crippen LogP contribution in [0.5, 0.6) is 0 Å². The summed E-state index contributed by atoms with van der Waals surface area (Å²) in [7, 11) is 0. The molecule has 2 aliphatic rings. The van der Waals surface area contributed by atoms with Crippen LogP contribution in [0.2, 0.25) is 0 Å². The van der Waals surface area contributed by atoms with E-state index < -0.39 is 0 Å². The van der Waals surface area contributed by atoms with Gasteiger partial charge < -0.3 is 4.90 Å². The van der Waals surface area contributed by atoms with Crippen molar-refractivity contribution in [3.8, 4) is 0 Å². The summed E-state index contributed by atoms with van der Waals surface area (Å²) < 4.78 is 0. The van der Waals surface area contributed by atoms with Gasteiger partial charge in [0, 0.05) is 18.9 Å². The molecule has 7 nitrogen and oxygen atoms in total. The van der Waals surface area contributed by atoms with Crippen LogP contribution in [-0.4, -0.2) is 48.6 Å². The molecule has 2 amide bonds. The number of aromatic nitrogens is 1. The van der Waals surface area contributed by atoms with Gasteiger partial charge in [-0.25, -0.2) is 9.99 Å². The number of nitrogens with zero attached hydrogens (tertiary/aromatic N) is 4. The summed E-state index contributed by atoms with van der Waals surface area (Å²) in [5.74, 6) is 0.905. The molecule has 0 aliphatic carbocycles. The zero-order valence-corrected chi connectivity index (χ0v) is 15.0.